The van der Waals surface area contributed by atoms with E-state index in [1.54, 1.807) is 14.2 Å². The summed E-state index contributed by atoms with van der Waals surface area (Å²) in [6.07, 6.45) is 1.89. The normalized spacial score (nSPS) is 18.3. The molecule has 1 aromatic rings. The summed E-state index contributed by atoms with van der Waals surface area (Å²) in [5.74, 6) is 1.90. The van der Waals surface area contributed by atoms with Crippen LogP contribution in [0.2, 0.25) is 0 Å². The molecule has 0 unspecified atom stereocenters. The second-order valence-corrected chi connectivity index (χ2v) is 7.60. The number of hydrogen-bond acceptors (Lipinski definition) is 6. The minimum Gasteiger partial charge on any atom is -0.493 e. The number of benzene rings is 1. The first-order valence-corrected chi connectivity index (χ1v) is 9.82. The van der Waals surface area contributed by atoms with Crippen LogP contribution in [0.4, 0.5) is 0 Å². The zero-order chi connectivity index (χ0) is 19.6. The van der Waals surface area contributed by atoms with Crippen LogP contribution < -0.4 is 9.47 Å². The van der Waals surface area contributed by atoms with E-state index in [4.69, 9.17) is 18.9 Å². The lowest BCUT2D eigenvalue weighted by Crippen LogP contribution is -2.39. The van der Waals surface area contributed by atoms with Crippen LogP contribution in [-0.4, -0.2) is 69.3 Å². The van der Waals surface area contributed by atoms with E-state index in [0.29, 0.717) is 43.7 Å². The number of aliphatic hydroxyl groups excluding tert-OH is 1. The van der Waals surface area contributed by atoms with Crippen molar-refractivity contribution < 1.29 is 24.1 Å². The molecule has 1 aliphatic heterocycles. The zero-order valence-corrected chi connectivity index (χ0v) is 17.1. The molecule has 0 aliphatic carbocycles. The Kier molecular flexibility index (Phi) is 9.34. The predicted octanol–water partition coefficient (Wildman–Crippen LogP) is 2.72. The molecule has 1 saturated heterocycles. The summed E-state index contributed by atoms with van der Waals surface area (Å²) in [6, 6.07) is 5.94. The molecule has 6 heteroatoms. The van der Waals surface area contributed by atoms with Gasteiger partial charge in [-0.3, -0.25) is 4.90 Å². The van der Waals surface area contributed by atoms with Crippen molar-refractivity contribution in [2.45, 2.75) is 45.4 Å². The van der Waals surface area contributed by atoms with Gasteiger partial charge in [0.2, 0.25) is 0 Å². The van der Waals surface area contributed by atoms with Gasteiger partial charge >= 0.3 is 0 Å². The van der Waals surface area contributed by atoms with E-state index in [-0.39, 0.29) is 6.10 Å². The average molecular weight is 382 g/mol. The fourth-order valence-corrected chi connectivity index (χ4v) is 3.31. The Labute approximate surface area is 163 Å². The largest absolute Gasteiger partial charge is 0.493 e. The molecule has 0 radical (unpaired) electrons. The first-order valence-electron chi connectivity index (χ1n) is 9.82. The van der Waals surface area contributed by atoms with Gasteiger partial charge in [-0.2, -0.15) is 0 Å². The van der Waals surface area contributed by atoms with Crippen LogP contribution in [0.15, 0.2) is 18.2 Å². The topological polar surface area (TPSA) is 60.4 Å². The molecule has 2 rings (SSSR count). The number of aliphatic hydroxyl groups is 1. The highest BCUT2D eigenvalue weighted by Crippen LogP contribution is 2.28. The van der Waals surface area contributed by atoms with Gasteiger partial charge in [-0.25, -0.2) is 0 Å². The molecule has 1 fully saturated rings. The van der Waals surface area contributed by atoms with Gasteiger partial charge in [-0.1, -0.05) is 19.9 Å². The summed E-state index contributed by atoms with van der Waals surface area (Å²) in [7, 11) is 3.27. The maximum Gasteiger partial charge on any atom is 0.161 e. The van der Waals surface area contributed by atoms with Crippen LogP contribution in [0.5, 0.6) is 11.5 Å². The molecule has 2 atom stereocenters. The van der Waals surface area contributed by atoms with E-state index in [2.05, 4.69) is 18.7 Å². The number of nitrogens with zero attached hydrogens (tertiary/aromatic N) is 1. The molecular weight excluding hydrogens is 346 g/mol. The van der Waals surface area contributed by atoms with Gasteiger partial charge in [0.25, 0.3) is 0 Å². The first-order chi connectivity index (χ1) is 13.0. The smallest absolute Gasteiger partial charge is 0.161 e. The van der Waals surface area contributed by atoms with E-state index in [1.807, 2.05) is 18.2 Å². The van der Waals surface area contributed by atoms with Crippen LogP contribution in [0.1, 0.15) is 32.3 Å². The fourth-order valence-electron chi connectivity index (χ4n) is 3.31. The highest BCUT2D eigenvalue weighted by molar-refractivity contribution is 5.42. The fraction of sp³-hybridized carbons (Fsp3) is 0.714. The third kappa shape index (κ3) is 7.66. The van der Waals surface area contributed by atoms with Crippen molar-refractivity contribution in [3.8, 4) is 11.5 Å². The SMILES string of the molecule is COc1ccc(CN(C[C@@H](O)COCC(C)C)C[C@@H]2CCCO2)cc1OC. The molecule has 154 valence electrons. The Balaban J connectivity index is 1.98. The third-order valence-electron chi connectivity index (χ3n) is 4.57. The van der Waals surface area contributed by atoms with Crippen LogP contribution >= 0.6 is 0 Å². The summed E-state index contributed by atoms with van der Waals surface area (Å²) in [6.45, 7) is 8.11. The summed E-state index contributed by atoms with van der Waals surface area (Å²) in [4.78, 5) is 2.24. The predicted molar refractivity (Wildman–Crippen MR) is 105 cm³/mol. The van der Waals surface area contributed by atoms with Gasteiger partial charge in [0.1, 0.15) is 0 Å². The van der Waals surface area contributed by atoms with Gasteiger partial charge in [0.05, 0.1) is 33.0 Å². The molecule has 1 aromatic carbocycles. The Morgan fingerprint density at radius 3 is 2.59 bits per heavy atom. The van der Waals surface area contributed by atoms with Crippen LogP contribution in [0.3, 0.4) is 0 Å². The van der Waals surface area contributed by atoms with Crippen LogP contribution in [0, 0.1) is 5.92 Å². The van der Waals surface area contributed by atoms with Gasteiger partial charge in [0.15, 0.2) is 11.5 Å². The monoisotopic (exact) mass is 381 g/mol. The first kappa shape index (κ1) is 22.0. The summed E-state index contributed by atoms with van der Waals surface area (Å²) < 4.78 is 22.1. The molecule has 0 saturated carbocycles. The molecule has 0 aromatic heterocycles. The minimum atomic E-state index is -0.523. The quantitative estimate of drug-likeness (QED) is 0.601. The van der Waals surface area contributed by atoms with Crippen molar-refractivity contribution in [3.63, 3.8) is 0 Å². The van der Waals surface area contributed by atoms with E-state index in [0.717, 1.165) is 31.6 Å². The van der Waals surface area contributed by atoms with Crippen molar-refractivity contribution >= 4 is 0 Å². The molecule has 1 aliphatic rings. The van der Waals surface area contributed by atoms with E-state index >= 15 is 0 Å². The highest BCUT2D eigenvalue weighted by atomic mass is 16.5. The molecule has 6 nitrogen and oxygen atoms in total. The second-order valence-electron chi connectivity index (χ2n) is 7.60. The standard InChI is InChI=1S/C21H35NO5/c1-16(2)14-26-15-18(23)12-22(13-19-6-5-9-27-19)11-17-7-8-20(24-3)21(10-17)25-4/h7-8,10,16,18-19,23H,5-6,9,11-15H2,1-4H3/t18-,19+/m1/s1. The second kappa shape index (κ2) is 11.5. The lowest BCUT2D eigenvalue weighted by molar-refractivity contribution is -0.00391. The summed E-state index contributed by atoms with van der Waals surface area (Å²) >= 11 is 0. The Bertz CT molecular complexity index is 545. The molecule has 27 heavy (non-hydrogen) atoms. The van der Waals surface area contributed by atoms with Crippen molar-refractivity contribution in [1.29, 1.82) is 0 Å². The maximum atomic E-state index is 10.4. The molecule has 0 amide bonds. The van der Waals surface area contributed by atoms with Gasteiger partial charge < -0.3 is 24.1 Å². The van der Waals surface area contributed by atoms with E-state index in [9.17, 15) is 5.11 Å². The molecule has 1 heterocycles. The maximum absolute atomic E-state index is 10.4. The Hall–Kier alpha value is -1.34. The lowest BCUT2D eigenvalue weighted by atomic mass is 10.1. The van der Waals surface area contributed by atoms with E-state index < -0.39 is 6.10 Å². The van der Waals surface area contributed by atoms with Gasteiger partial charge in [0, 0.05) is 32.8 Å². The highest BCUT2D eigenvalue weighted by Gasteiger charge is 2.22. The van der Waals surface area contributed by atoms with Crippen LogP contribution in [0.25, 0.3) is 0 Å². The van der Waals surface area contributed by atoms with Gasteiger partial charge in [-0.15, -0.1) is 0 Å². The number of ether oxygens (including phenoxy) is 4. The van der Waals surface area contributed by atoms with Crippen LogP contribution in [-0.2, 0) is 16.0 Å². The third-order valence-corrected chi connectivity index (χ3v) is 4.57. The van der Waals surface area contributed by atoms with Crippen molar-refractivity contribution in [2.24, 2.45) is 5.92 Å². The summed E-state index contributed by atoms with van der Waals surface area (Å²) in [5, 5.41) is 10.4. The van der Waals surface area contributed by atoms with Crippen molar-refractivity contribution in [2.75, 3.05) is 47.1 Å². The number of methoxy groups -OCH3 is 2. The zero-order valence-electron chi connectivity index (χ0n) is 17.1. The minimum absolute atomic E-state index is 0.230. The van der Waals surface area contributed by atoms with Crippen molar-refractivity contribution in [1.82, 2.24) is 4.90 Å². The lowest BCUT2D eigenvalue weighted by Gasteiger charge is -2.28. The average Bonchev–Trinajstić information content (AvgIpc) is 3.14. The van der Waals surface area contributed by atoms with E-state index in [1.165, 1.54) is 0 Å². The summed E-state index contributed by atoms with van der Waals surface area (Å²) in [5.41, 5.74) is 1.11. The number of hydrogen-bond donors (Lipinski definition) is 1. The molecule has 0 bridgehead atoms. The number of rotatable bonds is 12. The van der Waals surface area contributed by atoms with Gasteiger partial charge in [-0.05, 0) is 36.5 Å². The molecule has 0 spiro atoms. The Morgan fingerprint density at radius 1 is 1.19 bits per heavy atom. The molecule has 1 N–H and O–H groups in total. The Morgan fingerprint density at radius 2 is 1.96 bits per heavy atom. The molecular formula is C21H35NO5. The van der Waals surface area contributed by atoms with Crippen molar-refractivity contribution in [3.05, 3.63) is 23.8 Å².